The summed E-state index contributed by atoms with van der Waals surface area (Å²) in [6, 6.07) is 8.56. The lowest BCUT2D eigenvalue weighted by Crippen LogP contribution is -2.48. The van der Waals surface area contributed by atoms with E-state index in [1.807, 2.05) is 6.07 Å². The van der Waals surface area contributed by atoms with Crippen LogP contribution in [0.3, 0.4) is 0 Å². The summed E-state index contributed by atoms with van der Waals surface area (Å²) in [7, 11) is 0. The third-order valence-electron chi connectivity index (χ3n) is 7.70. The highest BCUT2D eigenvalue weighted by Crippen LogP contribution is 2.54. The molecule has 4 bridgehead atoms. The Morgan fingerprint density at radius 2 is 1.78 bits per heavy atom. The number of hydrogen-bond donors (Lipinski definition) is 3. The predicted molar refractivity (Wildman–Crippen MR) is 109 cm³/mol. The SMILES string of the molecule is NC(=NC1C2CC3CC(C2)CC1C3)Nc1c(O)cc2cccc3c2c1CC3. The van der Waals surface area contributed by atoms with Crippen molar-refractivity contribution in [1.29, 1.82) is 0 Å². The number of phenols is 1. The summed E-state index contributed by atoms with van der Waals surface area (Å²) in [6.45, 7) is 0. The van der Waals surface area contributed by atoms with Gasteiger partial charge in [0.15, 0.2) is 5.96 Å². The van der Waals surface area contributed by atoms with Gasteiger partial charge in [-0.05, 0) is 96.6 Å². The molecule has 4 fully saturated rings. The van der Waals surface area contributed by atoms with Crippen molar-refractivity contribution < 1.29 is 5.11 Å². The highest BCUT2D eigenvalue weighted by atomic mass is 16.3. The van der Waals surface area contributed by atoms with E-state index in [0.29, 0.717) is 23.8 Å². The van der Waals surface area contributed by atoms with Crippen LogP contribution < -0.4 is 11.1 Å². The monoisotopic (exact) mass is 361 g/mol. The summed E-state index contributed by atoms with van der Waals surface area (Å²) in [5.74, 6) is 4.07. The molecule has 0 radical (unpaired) electrons. The van der Waals surface area contributed by atoms with E-state index in [2.05, 4.69) is 23.5 Å². The molecule has 0 unspecified atom stereocenters. The van der Waals surface area contributed by atoms with Crippen LogP contribution in [0.5, 0.6) is 5.75 Å². The van der Waals surface area contributed by atoms with E-state index in [-0.39, 0.29) is 5.75 Å². The molecule has 2 aromatic rings. The summed E-state index contributed by atoms with van der Waals surface area (Å²) < 4.78 is 0. The summed E-state index contributed by atoms with van der Waals surface area (Å²) in [4.78, 5) is 4.96. The highest BCUT2D eigenvalue weighted by molar-refractivity contribution is 6.02. The third kappa shape index (κ3) is 2.38. The molecule has 0 aliphatic heterocycles. The van der Waals surface area contributed by atoms with Crippen LogP contribution in [-0.2, 0) is 12.8 Å². The topological polar surface area (TPSA) is 70.6 Å². The zero-order valence-electron chi connectivity index (χ0n) is 15.6. The summed E-state index contributed by atoms with van der Waals surface area (Å²) >= 11 is 0. The number of aliphatic imine (C=N–C) groups is 1. The number of anilines is 1. The van der Waals surface area contributed by atoms with Crippen LogP contribution in [0.4, 0.5) is 5.69 Å². The minimum absolute atomic E-state index is 0.278. The molecule has 4 heteroatoms. The molecule has 2 aromatic carbocycles. The Kier molecular flexibility index (Phi) is 3.30. The van der Waals surface area contributed by atoms with Crippen molar-refractivity contribution in [2.45, 2.75) is 51.0 Å². The second-order valence-electron chi connectivity index (χ2n) is 9.33. The number of phenolic OH excluding ortho intramolecular Hbond substituents is 1. The molecule has 140 valence electrons. The van der Waals surface area contributed by atoms with E-state index in [1.54, 1.807) is 0 Å². The van der Waals surface area contributed by atoms with Gasteiger partial charge < -0.3 is 16.2 Å². The largest absolute Gasteiger partial charge is 0.506 e. The van der Waals surface area contributed by atoms with Gasteiger partial charge in [-0.2, -0.15) is 0 Å². The molecule has 0 aromatic heterocycles. The van der Waals surface area contributed by atoms with Crippen LogP contribution >= 0.6 is 0 Å². The number of nitrogens with one attached hydrogen (secondary N) is 1. The first-order valence-corrected chi connectivity index (χ1v) is 10.5. The molecule has 27 heavy (non-hydrogen) atoms. The molecule has 0 atom stereocenters. The number of hydrogen-bond acceptors (Lipinski definition) is 2. The number of nitrogens with zero attached hydrogens (tertiary/aromatic N) is 1. The molecular formula is C23H27N3O. The van der Waals surface area contributed by atoms with E-state index >= 15 is 0 Å². The van der Waals surface area contributed by atoms with Crippen LogP contribution in [0.25, 0.3) is 10.8 Å². The van der Waals surface area contributed by atoms with Crippen molar-refractivity contribution in [3.63, 3.8) is 0 Å². The van der Waals surface area contributed by atoms with Crippen LogP contribution in [0.15, 0.2) is 29.3 Å². The molecule has 0 heterocycles. The second-order valence-corrected chi connectivity index (χ2v) is 9.33. The molecule has 4 nitrogen and oxygen atoms in total. The number of aromatic hydroxyl groups is 1. The van der Waals surface area contributed by atoms with E-state index in [4.69, 9.17) is 10.7 Å². The van der Waals surface area contributed by atoms with Crippen molar-refractivity contribution in [2.75, 3.05) is 5.32 Å². The van der Waals surface area contributed by atoms with Crippen LogP contribution in [0, 0.1) is 23.7 Å². The van der Waals surface area contributed by atoms with Crippen molar-refractivity contribution in [1.82, 2.24) is 0 Å². The fraction of sp³-hybridized carbons (Fsp3) is 0.522. The summed E-state index contributed by atoms with van der Waals surface area (Å²) in [6.07, 6.45) is 8.77. The van der Waals surface area contributed by atoms with Gasteiger partial charge in [-0.25, -0.2) is 4.99 Å². The Balaban J connectivity index is 1.32. The normalized spacial score (nSPS) is 33.8. The van der Waals surface area contributed by atoms with Gasteiger partial charge in [0, 0.05) is 0 Å². The Labute approximate surface area is 159 Å². The average molecular weight is 361 g/mol. The Morgan fingerprint density at radius 3 is 2.52 bits per heavy atom. The molecule has 4 N–H and O–H groups in total. The Morgan fingerprint density at radius 1 is 1.04 bits per heavy atom. The molecule has 0 saturated heterocycles. The summed E-state index contributed by atoms with van der Waals surface area (Å²) in [5, 5.41) is 16.3. The lowest BCUT2D eigenvalue weighted by Gasteiger charge is -2.53. The first-order chi connectivity index (χ1) is 13.2. The van der Waals surface area contributed by atoms with E-state index in [0.717, 1.165) is 35.8 Å². The zero-order valence-corrected chi connectivity index (χ0v) is 15.6. The quantitative estimate of drug-likeness (QED) is 0.427. The van der Waals surface area contributed by atoms with Gasteiger partial charge in [-0.15, -0.1) is 0 Å². The first kappa shape index (κ1) is 15.8. The number of rotatable bonds is 2. The minimum Gasteiger partial charge on any atom is -0.506 e. The van der Waals surface area contributed by atoms with Gasteiger partial charge in [0.05, 0.1) is 11.7 Å². The van der Waals surface area contributed by atoms with E-state index < -0.39 is 0 Å². The predicted octanol–water partition coefficient (Wildman–Crippen LogP) is 4.20. The molecule has 7 rings (SSSR count). The second kappa shape index (κ2) is 5.63. The van der Waals surface area contributed by atoms with Crippen molar-refractivity contribution in [2.24, 2.45) is 34.4 Å². The fourth-order valence-electron chi connectivity index (χ4n) is 6.89. The van der Waals surface area contributed by atoms with Crippen molar-refractivity contribution >= 4 is 22.4 Å². The molecule has 0 spiro atoms. The zero-order chi connectivity index (χ0) is 18.1. The fourth-order valence-corrected chi connectivity index (χ4v) is 6.89. The lowest BCUT2D eigenvalue weighted by atomic mass is 9.54. The third-order valence-corrected chi connectivity index (χ3v) is 7.70. The number of nitrogens with two attached hydrogens (primary N) is 1. The van der Waals surface area contributed by atoms with Gasteiger partial charge in [0.2, 0.25) is 0 Å². The Hall–Kier alpha value is -2.23. The lowest BCUT2D eigenvalue weighted by molar-refractivity contribution is 0.00124. The molecule has 4 saturated carbocycles. The van der Waals surface area contributed by atoms with E-state index in [9.17, 15) is 5.11 Å². The standard InChI is InChI=1S/C23H27N3O/c24-23(25-21-16-7-12-6-13(9-16)10-17(21)8-12)26-22-18-5-4-14-2-1-3-15(20(14)18)11-19(22)27/h1-3,11-13,16-17,21,27H,4-10H2,(H3,24,25,26). The molecular weight excluding hydrogens is 334 g/mol. The van der Waals surface area contributed by atoms with Gasteiger partial charge in [0.25, 0.3) is 0 Å². The first-order valence-electron chi connectivity index (χ1n) is 10.5. The van der Waals surface area contributed by atoms with Crippen LogP contribution in [-0.4, -0.2) is 17.1 Å². The van der Waals surface area contributed by atoms with Gasteiger partial charge >= 0.3 is 0 Å². The average Bonchev–Trinajstić information content (AvgIpc) is 3.06. The number of benzene rings is 2. The van der Waals surface area contributed by atoms with Crippen molar-refractivity contribution in [3.05, 3.63) is 35.4 Å². The van der Waals surface area contributed by atoms with Crippen LogP contribution in [0.1, 0.15) is 43.2 Å². The minimum atomic E-state index is 0.278. The molecule has 0 amide bonds. The smallest absolute Gasteiger partial charge is 0.193 e. The molecule has 5 aliphatic carbocycles. The van der Waals surface area contributed by atoms with Gasteiger partial charge in [-0.3, -0.25) is 0 Å². The molecule has 5 aliphatic rings. The maximum Gasteiger partial charge on any atom is 0.193 e. The Bertz CT molecular complexity index is 936. The van der Waals surface area contributed by atoms with E-state index in [1.165, 1.54) is 48.6 Å². The maximum atomic E-state index is 10.6. The van der Waals surface area contributed by atoms with Gasteiger partial charge in [-0.1, -0.05) is 18.2 Å². The number of guanidine groups is 1. The summed E-state index contributed by atoms with van der Waals surface area (Å²) in [5.41, 5.74) is 9.68. The highest BCUT2D eigenvalue weighted by Gasteiger charge is 2.48. The van der Waals surface area contributed by atoms with Crippen LogP contribution in [0.2, 0.25) is 0 Å². The van der Waals surface area contributed by atoms with Crippen molar-refractivity contribution in [3.8, 4) is 5.75 Å². The van der Waals surface area contributed by atoms with Gasteiger partial charge in [0.1, 0.15) is 5.75 Å². The number of aryl methyl sites for hydroxylation is 2. The maximum absolute atomic E-state index is 10.6.